The summed E-state index contributed by atoms with van der Waals surface area (Å²) in [5.74, 6) is -2.16. The van der Waals surface area contributed by atoms with Crippen molar-refractivity contribution in [2.24, 2.45) is 10.7 Å². The summed E-state index contributed by atoms with van der Waals surface area (Å²) in [4.78, 5) is 43.4. The van der Waals surface area contributed by atoms with Crippen molar-refractivity contribution in [2.75, 3.05) is 12.3 Å². The summed E-state index contributed by atoms with van der Waals surface area (Å²) < 4.78 is 15.4. The van der Waals surface area contributed by atoms with Gasteiger partial charge in [0.05, 0.1) is 13.0 Å². The van der Waals surface area contributed by atoms with Gasteiger partial charge in [0, 0.05) is 11.3 Å². The van der Waals surface area contributed by atoms with E-state index in [1.54, 1.807) is 30.3 Å². The number of aliphatic imine (C=N–C) groups is 1. The molecule has 0 aromatic heterocycles. The fraction of sp³-hybridized carbons (Fsp3) is 0.261. The fourth-order valence-corrected chi connectivity index (χ4v) is 3.25. The second kappa shape index (κ2) is 9.95. The molecule has 0 saturated heterocycles. The van der Waals surface area contributed by atoms with Gasteiger partial charge in [-0.05, 0) is 30.2 Å². The van der Waals surface area contributed by atoms with E-state index in [1.807, 2.05) is 6.92 Å². The molecule has 32 heavy (non-hydrogen) atoms. The third kappa shape index (κ3) is 5.05. The quantitative estimate of drug-likeness (QED) is 0.507. The van der Waals surface area contributed by atoms with Gasteiger partial charge in [0.15, 0.2) is 0 Å². The number of nitrogens with two attached hydrogens (primary N) is 2. The number of hydrogen-bond acceptors (Lipinski definition) is 5. The molecule has 0 unspecified atom stereocenters. The summed E-state index contributed by atoms with van der Waals surface area (Å²) in [6, 6.07) is 11.9. The van der Waals surface area contributed by atoms with Crippen molar-refractivity contribution in [3.63, 3.8) is 0 Å². The topological polar surface area (TPSA) is 122 Å². The van der Waals surface area contributed by atoms with Gasteiger partial charge >= 0.3 is 11.9 Å². The van der Waals surface area contributed by atoms with Crippen LogP contribution in [-0.2, 0) is 22.6 Å². The van der Waals surface area contributed by atoms with Crippen molar-refractivity contribution in [3.8, 4) is 0 Å². The molecule has 1 aliphatic rings. The molecule has 0 spiro atoms. The van der Waals surface area contributed by atoms with Crippen LogP contribution in [0.3, 0.4) is 0 Å². The third-order valence-electron chi connectivity index (χ3n) is 5.04. The molecule has 0 saturated carbocycles. The predicted octanol–water partition coefficient (Wildman–Crippen LogP) is 2.25. The van der Waals surface area contributed by atoms with Crippen molar-refractivity contribution in [1.29, 1.82) is 0 Å². The van der Waals surface area contributed by atoms with Gasteiger partial charge in [-0.15, -0.1) is 0 Å². The average Bonchev–Trinajstić information content (AvgIpc) is 2.77. The minimum absolute atomic E-state index is 0.0689. The smallest absolute Gasteiger partial charge is 0.399 e. The number of rotatable bonds is 7. The number of urea groups is 1. The Balaban J connectivity index is 1.95. The summed E-state index contributed by atoms with van der Waals surface area (Å²) in [5.41, 5.74) is 12.8. The molecule has 0 atom stereocenters. The van der Waals surface area contributed by atoms with Gasteiger partial charge in [-0.3, -0.25) is 4.79 Å². The molecule has 1 heterocycles. The maximum atomic E-state index is 14.2. The minimum atomic E-state index is -0.839. The summed E-state index contributed by atoms with van der Waals surface area (Å²) >= 11 is 0. The zero-order valence-corrected chi connectivity index (χ0v) is 17.8. The number of benzene rings is 2. The summed E-state index contributed by atoms with van der Waals surface area (Å²) in [7, 11) is 0. The summed E-state index contributed by atoms with van der Waals surface area (Å²) in [5, 5.41) is 0. The molecule has 166 valence electrons. The van der Waals surface area contributed by atoms with E-state index in [-0.39, 0.29) is 36.6 Å². The number of nitrogen functional groups attached to an aromatic ring is 1. The molecule has 2 aromatic rings. The number of amides is 4. The van der Waals surface area contributed by atoms with Crippen LogP contribution in [0, 0.1) is 5.82 Å². The average molecular weight is 438 g/mol. The number of hydrogen-bond donors (Lipinski definition) is 2. The first-order valence-corrected chi connectivity index (χ1v) is 10.3. The molecule has 0 fully saturated rings. The molecule has 0 bridgehead atoms. The maximum Gasteiger partial charge on any atom is 0.446 e. The van der Waals surface area contributed by atoms with E-state index in [1.165, 1.54) is 22.8 Å². The van der Waals surface area contributed by atoms with Gasteiger partial charge < -0.3 is 11.5 Å². The molecule has 4 amide bonds. The van der Waals surface area contributed by atoms with Crippen LogP contribution in [0.1, 0.15) is 30.9 Å². The lowest BCUT2D eigenvalue weighted by Gasteiger charge is -2.23. The summed E-state index contributed by atoms with van der Waals surface area (Å²) in [6.45, 7) is 1.89. The highest BCUT2D eigenvalue weighted by atomic mass is 19.1. The van der Waals surface area contributed by atoms with Gasteiger partial charge in [0.25, 0.3) is 11.7 Å². The Labute approximate surface area is 185 Å². The van der Waals surface area contributed by atoms with Gasteiger partial charge in [-0.25, -0.2) is 14.0 Å². The zero-order chi connectivity index (χ0) is 23.3. The Hall–Kier alpha value is -3.88. The number of carbonyl (C=O) groups is 3. The standard InChI is InChI=1S/C23H24FN5O3/c1-2-3-12-28-21(26)20(27-19(30)13-15-8-10-17(25)11-9-15)22(31)29(23(28)32)14-16-6-4-5-7-18(16)24/h4-11,26H,2-3,12-14,25H2,1H3/p+1. The number of nitrogens with zero attached hydrogens (tertiary/aromatic N) is 3. The largest absolute Gasteiger partial charge is 0.446 e. The van der Waals surface area contributed by atoms with E-state index >= 15 is 0 Å². The first-order chi connectivity index (χ1) is 15.3. The number of carbonyl (C=O) groups excluding carboxylic acids is 3. The Morgan fingerprint density at radius 1 is 1.09 bits per heavy atom. The van der Waals surface area contributed by atoms with Gasteiger partial charge in [0.1, 0.15) is 12.4 Å². The van der Waals surface area contributed by atoms with Crippen molar-refractivity contribution in [3.05, 3.63) is 65.5 Å². The van der Waals surface area contributed by atoms with E-state index in [0.717, 1.165) is 11.3 Å². The number of anilines is 1. The van der Waals surface area contributed by atoms with E-state index in [0.29, 0.717) is 17.7 Å². The van der Waals surface area contributed by atoms with Gasteiger partial charge in [-0.2, -0.15) is 14.5 Å². The van der Waals surface area contributed by atoms with Crippen LogP contribution in [0.5, 0.6) is 0 Å². The molecule has 2 aromatic carbocycles. The lowest BCUT2D eigenvalue weighted by Crippen LogP contribution is -2.58. The minimum Gasteiger partial charge on any atom is -0.399 e. The van der Waals surface area contributed by atoms with Gasteiger partial charge in [-0.1, -0.05) is 43.7 Å². The first kappa shape index (κ1) is 22.8. The monoisotopic (exact) mass is 438 g/mol. The zero-order valence-electron chi connectivity index (χ0n) is 17.8. The van der Waals surface area contributed by atoms with Crippen LogP contribution in [0.2, 0.25) is 0 Å². The molecule has 0 aliphatic carbocycles. The lowest BCUT2D eigenvalue weighted by atomic mass is 10.1. The van der Waals surface area contributed by atoms with E-state index in [2.05, 4.69) is 4.99 Å². The summed E-state index contributed by atoms with van der Waals surface area (Å²) in [6.07, 6.45) is 1.34. The third-order valence-corrected chi connectivity index (χ3v) is 5.04. The van der Waals surface area contributed by atoms with Crippen LogP contribution in [-0.4, -0.2) is 45.4 Å². The normalized spacial score (nSPS) is 15.6. The molecule has 0 radical (unpaired) electrons. The molecule has 9 heteroatoms. The Morgan fingerprint density at radius 3 is 2.44 bits per heavy atom. The van der Waals surface area contributed by atoms with Crippen molar-refractivity contribution in [2.45, 2.75) is 32.7 Å². The van der Waals surface area contributed by atoms with Crippen LogP contribution < -0.4 is 11.5 Å². The van der Waals surface area contributed by atoms with E-state index < -0.39 is 23.7 Å². The van der Waals surface area contributed by atoms with Crippen LogP contribution in [0.15, 0.2) is 53.5 Å². The molecule has 1 aliphatic heterocycles. The highest BCUT2D eigenvalue weighted by Gasteiger charge is 2.43. The van der Waals surface area contributed by atoms with Crippen LogP contribution >= 0.6 is 0 Å². The van der Waals surface area contributed by atoms with Crippen LogP contribution in [0.4, 0.5) is 14.9 Å². The lowest BCUT2D eigenvalue weighted by molar-refractivity contribution is -0.437. The molecule has 8 nitrogen and oxygen atoms in total. The van der Waals surface area contributed by atoms with Crippen molar-refractivity contribution in [1.82, 2.24) is 4.90 Å². The first-order valence-electron chi connectivity index (χ1n) is 10.3. The SMILES string of the molecule is CCCC[N+]1=C(N)C(=NC(=O)Cc2ccc(N)cc2)C(=O)N(Cc2ccccc2F)C1=O. The Bertz CT molecular complexity index is 1110. The Kier molecular flexibility index (Phi) is 7.09. The Morgan fingerprint density at radius 2 is 1.78 bits per heavy atom. The number of amidine groups is 1. The highest BCUT2D eigenvalue weighted by Crippen LogP contribution is 2.15. The van der Waals surface area contributed by atoms with E-state index in [9.17, 15) is 18.8 Å². The number of imide groups is 1. The highest BCUT2D eigenvalue weighted by molar-refractivity contribution is 6.67. The maximum absolute atomic E-state index is 14.2. The van der Waals surface area contributed by atoms with Crippen LogP contribution in [0.25, 0.3) is 0 Å². The molecule has 3 rings (SSSR count). The molecular formula is C23H25FN5O3+. The predicted molar refractivity (Wildman–Crippen MR) is 119 cm³/mol. The van der Waals surface area contributed by atoms with Gasteiger partial charge in [0.2, 0.25) is 5.71 Å². The van der Waals surface area contributed by atoms with Crippen molar-refractivity contribution < 1.29 is 23.3 Å². The van der Waals surface area contributed by atoms with Crippen molar-refractivity contribution >= 4 is 35.1 Å². The second-order valence-electron chi connectivity index (χ2n) is 7.43. The number of halogens is 1. The molecule has 4 N–H and O–H groups in total. The molecular weight excluding hydrogens is 413 g/mol. The number of unbranched alkanes of at least 4 members (excludes halogenated alkanes) is 1. The fourth-order valence-electron chi connectivity index (χ4n) is 3.25. The second-order valence-corrected chi connectivity index (χ2v) is 7.43. The van der Waals surface area contributed by atoms with E-state index in [4.69, 9.17) is 11.5 Å².